The summed E-state index contributed by atoms with van der Waals surface area (Å²) in [7, 11) is 0. The molecule has 1 saturated heterocycles. The van der Waals surface area contributed by atoms with Gasteiger partial charge >= 0.3 is 0 Å². The first-order valence-corrected chi connectivity index (χ1v) is 9.11. The number of nitrogens with zero attached hydrogens (tertiary/aromatic N) is 2. The Hall–Kier alpha value is -0.570. The highest BCUT2D eigenvalue weighted by Crippen LogP contribution is 2.10. The molecule has 3 N–H and O–H groups in total. The van der Waals surface area contributed by atoms with Crippen LogP contribution in [0, 0.1) is 0 Å². The van der Waals surface area contributed by atoms with Crippen molar-refractivity contribution in [1.29, 1.82) is 0 Å². The zero-order valence-electron chi connectivity index (χ0n) is 15.7. The van der Waals surface area contributed by atoms with Gasteiger partial charge in [0.1, 0.15) is 0 Å². The summed E-state index contributed by atoms with van der Waals surface area (Å²) in [6, 6.07) is 0.663. The molecule has 7 heteroatoms. The van der Waals surface area contributed by atoms with E-state index in [1.54, 1.807) is 0 Å². The topological polar surface area (TPSA) is 68.8 Å². The van der Waals surface area contributed by atoms with Crippen molar-refractivity contribution in [3.05, 3.63) is 0 Å². The van der Waals surface area contributed by atoms with Crippen LogP contribution in [0.4, 0.5) is 0 Å². The summed E-state index contributed by atoms with van der Waals surface area (Å²) in [6.07, 6.45) is 3.96. The molecule has 1 amide bonds. The molecule has 24 heavy (non-hydrogen) atoms. The maximum atomic E-state index is 11.7. The number of piperidine rings is 1. The SMILES string of the molecule is CCCN1CCC(NC(=NCCC(=O)NC(C)C)NCC)CC1.I. The molecule has 1 rings (SSSR count). The molecule has 1 fully saturated rings. The lowest BCUT2D eigenvalue weighted by molar-refractivity contribution is -0.121. The van der Waals surface area contributed by atoms with Gasteiger partial charge < -0.3 is 20.9 Å². The minimum absolute atomic E-state index is 0. The zero-order valence-corrected chi connectivity index (χ0v) is 18.1. The molecule has 0 saturated carbocycles. The van der Waals surface area contributed by atoms with E-state index in [4.69, 9.17) is 0 Å². The molecule has 0 aromatic rings. The van der Waals surface area contributed by atoms with Crippen LogP contribution in [0.3, 0.4) is 0 Å². The maximum absolute atomic E-state index is 11.7. The molecule has 0 aromatic heterocycles. The summed E-state index contributed by atoms with van der Waals surface area (Å²) in [5.41, 5.74) is 0. The minimum atomic E-state index is 0. The van der Waals surface area contributed by atoms with E-state index in [1.165, 1.54) is 13.0 Å². The molecule has 1 heterocycles. The van der Waals surface area contributed by atoms with Gasteiger partial charge in [-0.1, -0.05) is 6.92 Å². The van der Waals surface area contributed by atoms with Crippen LogP contribution in [-0.4, -0.2) is 61.6 Å². The van der Waals surface area contributed by atoms with Crippen LogP contribution in [0.1, 0.15) is 53.4 Å². The number of amides is 1. The van der Waals surface area contributed by atoms with E-state index in [1.807, 2.05) is 13.8 Å². The molecule has 0 aliphatic carbocycles. The van der Waals surface area contributed by atoms with E-state index in [0.717, 1.165) is 38.4 Å². The average Bonchev–Trinajstić information content (AvgIpc) is 2.49. The fraction of sp³-hybridized carbons (Fsp3) is 0.882. The molecule has 1 aliphatic heterocycles. The van der Waals surface area contributed by atoms with Crippen molar-refractivity contribution in [2.45, 2.75) is 65.5 Å². The molecule has 0 unspecified atom stereocenters. The van der Waals surface area contributed by atoms with Gasteiger partial charge in [-0.25, -0.2) is 0 Å². The summed E-state index contributed by atoms with van der Waals surface area (Å²) in [6.45, 7) is 13.1. The monoisotopic (exact) mass is 453 g/mol. The summed E-state index contributed by atoms with van der Waals surface area (Å²) < 4.78 is 0. The van der Waals surface area contributed by atoms with Crippen molar-refractivity contribution in [1.82, 2.24) is 20.9 Å². The van der Waals surface area contributed by atoms with Crippen molar-refractivity contribution in [2.24, 2.45) is 4.99 Å². The Balaban J connectivity index is 0.00000529. The van der Waals surface area contributed by atoms with Crippen LogP contribution in [0.25, 0.3) is 0 Å². The smallest absolute Gasteiger partial charge is 0.222 e. The molecule has 0 radical (unpaired) electrons. The Morgan fingerprint density at radius 2 is 1.92 bits per heavy atom. The second-order valence-corrected chi connectivity index (χ2v) is 6.49. The van der Waals surface area contributed by atoms with Crippen molar-refractivity contribution < 1.29 is 4.79 Å². The van der Waals surface area contributed by atoms with E-state index >= 15 is 0 Å². The van der Waals surface area contributed by atoms with Gasteiger partial charge in [-0.2, -0.15) is 0 Å². The summed E-state index contributed by atoms with van der Waals surface area (Å²) in [5, 5.41) is 9.68. The Labute approximate surface area is 164 Å². The number of carbonyl (C=O) groups excluding carboxylic acids is 1. The van der Waals surface area contributed by atoms with Crippen LogP contribution in [0.2, 0.25) is 0 Å². The predicted octanol–water partition coefficient (Wildman–Crippen LogP) is 1.95. The van der Waals surface area contributed by atoms with Crippen LogP contribution < -0.4 is 16.0 Å². The summed E-state index contributed by atoms with van der Waals surface area (Å²) >= 11 is 0. The number of rotatable bonds is 8. The first-order valence-electron chi connectivity index (χ1n) is 9.11. The molecule has 0 atom stereocenters. The Morgan fingerprint density at radius 3 is 2.46 bits per heavy atom. The number of hydrogen-bond acceptors (Lipinski definition) is 3. The Kier molecular flexibility index (Phi) is 13.4. The molecular formula is C17H36IN5O. The number of carbonyl (C=O) groups is 1. The standard InChI is InChI=1S/C17H35N5O.HI/c1-5-11-22-12-8-15(9-13-22)21-17(18-6-2)19-10-7-16(23)20-14(3)4;/h14-15H,5-13H2,1-4H3,(H,20,23)(H2,18,19,21);1H. The highest BCUT2D eigenvalue weighted by atomic mass is 127. The highest BCUT2D eigenvalue weighted by Gasteiger charge is 2.19. The second kappa shape index (κ2) is 13.7. The van der Waals surface area contributed by atoms with Crippen molar-refractivity contribution >= 4 is 35.8 Å². The van der Waals surface area contributed by atoms with Gasteiger partial charge in [0.15, 0.2) is 5.96 Å². The minimum Gasteiger partial charge on any atom is -0.357 e. The number of hydrogen-bond donors (Lipinski definition) is 3. The molecule has 142 valence electrons. The number of nitrogens with one attached hydrogen (secondary N) is 3. The van der Waals surface area contributed by atoms with Gasteiger partial charge in [0.25, 0.3) is 0 Å². The molecule has 6 nitrogen and oxygen atoms in total. The predicted molar refractivity (Wildman–Crippen MR) is 112 cm³/mol. The van der Waals surface area contributed by atoms with Crippen molar-refractivity contribution in [2.75, 3.05) is 32.7 Å². The molecule has 0 spiro atoms. The number of guanidine groups is 1. The van der Waals surface area contributed by atoms with E-state index in [0.29, 0.717) is 19.0 Å². The quantitative estimate of drug-likeness (QED) is 0.299. The lowest BCUT2D eigenvalue weighted by atomic mass is 10.1. The summed E-state index contributed by atoms with van der Waals surface area (Å²) in [4.78, 5) is 18.7. The fourth-order valence-corrected chi connectivity index (χ4v) is 2.79. The third-order valence-corrected chi connectivity index (χ3v) is 3.87. The number of aliphatic imine (C=N–C) groups is 1. The van der Waals surface area contributed by atoms with Crippen molar-refractivity contribution in [3.8, 4) is 0 Å². The van der Waals surface area contributed by atoms with Gasteiger partial charge in [0.05, 0.1) is 6.54 Å². The number of likely N-dealkylation sites (tertiary alicyclic amines) is 1. The molecule has 0 aromatic carbocycles. The third kappa shape index (κ3) is 10.3. The van der Waals surface area contributed by atoms with Crippen LogP contribution in [0.15, 0.2) is 4.99 Å². The lowest BCUT2D eigenvalue weighted by Crippen LogP contribution is -2.48. The van der Waals surface area contributed by atoms with Gasteiger partial charge in [0.2, 0.25) is 5.91 Å². The van der Waals surface area contributed by atoms with Gasteiger partial charge in [0, 0.05) is 38.1 Å². The van der Waals surface area contributed by atoms with Gasteiger partial charge in [-0.05, 0) is 46.6 Å². The molecule has 0 bridgehead atoms. The largest absolute Gasteiger partial charge is 0.357 e. The van der Waals surface area contributed by atoms with Crippen LogP contribution in [-0.2, 0) is 4.79 Å². The maximum Gasteiger partial charge on any atom is 0.222 e. The number of halogens is 1. The first-order chi connectivity index (χ1) is 11.0. The summed E-state index contributed by atoms with van der Waals surface area (Å²) in [5.74, 6) is 0.895. The lowest BCUT2D eigenvalue weighted by Gasteiger charge is -2.32. The highest BCUT2D eigenvalue weighted by molar-refractivity contribution is 14.0. The van der Waals surface area contributed by atoms with Crippen molar-refractivity contribution in [3.63, 3.8) is 0 Å². The Morgan fingerprint density at radius 1 is 1.25 bits per heavy atom. The Bertz CT molecular complexity index is 368. The first kappa shape index (κ1) is 23.4. The van der Waals surface area contributed by atoms with E-state index in [2.05, 4.69) is 39.7 Å². The van der Waals surface area contributed by atoms with Crippen LogP contribution in [0.5, 0.6) is 0 Å². The van der Waals surface area contributed by atoms with E-state index < -0.39 is 0 Å². The fourth-order valence-electron chi connectivity index (χ4n) is 2.79. The second-order valence-electron chi connectivity index (χ2n) is 6.49. The van der Waals surface area contributed by atoms with Crippen LogP contribution >= 0.6 is 24.0 Å². The van der Waals surface area contributed by atoms with E-state index in [9.17, 15) is 4.79 Å². The zero-order chi connectivity index (χ0) is 17.1. The third-order valence-electron chi connectivity index (χ3n) is 3.87. The van der Waals surface area contributed by atoms with Gasteiger partial charge in [-0.15, -0.1) is 24.0 Å². The molecule has 1 aliphatic rings. The van der Waals surface area contributed by atoms with E-state index in [-0.39, 0.29) is 35.9 Å². The average molecular weight is 453 g/mol. The molecular weight excluding hydrogens is 417 g/mol. The van der Waals surface area contributed by atoms with Gasteiger partial charge in [-0.3, -0.25) is 9.79 Å². The normalized spacial score (nSPS) is 16.6.